The van der Waals surface area contributed by atoms with Crippen LogP contribution in [0, 0.1) is 0 Å². The molecule has 0 N–H and O–H groups in total. The van der Waals surface area contributed by atoms with Gasteiger partial charge in [0.2, 0.25) is 0 Å². The van der Waals surface area contributed by atoms with E-state index in [1.54, 1.807) is 35.9 Å². The zero-order valence-electron chi connectivity index (χ0n) is 15.6. The Hall–Kier alpha value is -2.86. The van der Waals surface area contributed by atoms with Gasteiger partial charge >= 0.3 is 5.69 Å². The van der Waals surface area contributed by atoms with E-state index in [1.165, 1.54) is 4.68 Å². The molecule has 1 aromatic heterocycles. The van der Waals surface area contributed by atoms with E-state index in [4.69, 9.17) is 11.6 Å². The molecule has 4 rings (SSSR count). The molecule has 0 spiro atoms. The fraction of sp³-hybridized carbons (Fsp3) is 0.286. The minimum Gasteiger partial charge on any atom is -0.339 e. The number of rotatable bonds is 3. The fourth-order valence-electron chi connectivity index (χ4n) is 3.71. The summed E-state index contributed by atoms with van der Waals surface area (Å²) in [7, 11) is 1.67. The molecule has 2 aromatic carbocycles. The summed E-state index contributed by atoms with van der Waals surface area (Å²) < 4.78 is 3.06. The second-order valence-corrected chi connectivity index (χ2v) is 7.45. The van der Waals surface area contributed by atoms with E-state index in [9.17, 15) is 9.59 Å². The molecule has 144 valence electrons. The van der Waals surface area contributed by atoms with Crippen molar-refractivity contribution in [2.24, 2.45) is 7.05 Å². The molecule has 0 aliphatic carbocycles. The summed E-state index contributed by atoms with van der Waals surface area (Å²) in [6.07, 6.45) is 1.52. The Kier molecular flexibility index (Phi) is 5.05. The Morgan fingerprint density at radius 1 is 1.07 bits per heavy atom. The second-order valence-electron chi connectivity index (χ2n) is 7.01. The van der Waals surface area contributed by atoms with E-state index in [-0.39, 0.29) is 17.5 Å². The molecule has 3 aromatic rings. The first-order valence-corrected chi connectivity index (χ1v) is 9.68. The number of likely N-dealkylation sites (tertiary alicyclic amines) is 1. The fourth-order valence-corrected chi connectivity index (χ4v) is 3.90. The summed E-state index contributed by atoms with van der Waals surface area (Å²) in [4.78, 5) is 27.2. The average Bonchev–Trinajstić information content (AvgIpc) is 3.03. The van der Waals surface area contributed by atoms with Crippen LogP contribution in [-0.4, -0.2) is 38.2 Å². The zero-order valence-corrected chi connectivity index (χ0v) is 16.3. The van der Waals surface area contributed by atoms with Gasteiger partial charge in [0, 0.05) is 36.6 Å². The highest BCUT2D eigenvalue weighted by molar-refractivity contribution is 6.30. The summed E-state index contributed by atoms with van der Waals surface area (Å²) in [6, 6.07) is 16.6. The predicted octanol–water partition coefficient (Wildman–Crippen LogP) is 3.24. The van der Waals surface area contributed by atoms with Crippen LogP contribution in [0.1, 0.15) is 34.9 Å². The Bertz CT molecular complexity index is 1050. The summed E-state index contributed by atoms with van der Waals surface area (Å²) in [5, 5.41) is 5.05. The maximum atomic E-state index is 12.7. The molecule has 0 bridgehead atoms. The van der Waals surface area contributed by atoms with Crippen LogP contribution in [-0.2, 0) is 7.05 Å². The lowest BCUT2D eigenvalue weighted by Crippen LogP contribution is -2.38. The summed E-state index contributed by atoms with van der Waals surface area (Å²) in [6.45, 7) is 1.24. The number of halogens is 1. The normalized spacial score (nSPS) is 15.0. The molecule has 2 heterocycles. The Balaban J connectivity index is 1.54. The maximum Gasteiger partial charge on any atom is 0.350 e. The van der Waals surface area contributed by atoms with Crippen LogP contribution in [0.25, 0.3) is 5.69 Å². The number of carbonyl (C=O) groups excluding carboxylic acids is 1. The number of benzene rings is 2. The number of hydrogen-bond acceptors (Lipinski definition) is 3. The molecule has 0 radical (unpaired) electrons. The van der Waals surface area contributed by atoms with Gasteiger partial charge in [-0.1, -0.05) is 35.9 Å². The van der Waals surface area contributed by atoms with E-state index >= 15 is 0 Å². The quantitative estimate of drug-likeness (QED) is 0.682. The van der Waals surface area contributed by atoms with Crippen molar-refractivity contribution < 1.29 is 4.79 Å². The number of nitrogens with zero attached hydrogens (tertiary/aromatic N) is 4. The number of hydrogen-bond donors (Lipinski definition) is 0. The highest BCUT2D eigenvalue weighted by Gasteiger charge is 2.29. The molecule has 0 atom stereocenters. The predicted molar refractivity (Wildman–Crippen MR) is 108 cm³/mol. The van der Waals surface area contributed by atoms with Crippen molar-refractivity contribution in [2.45, 2.75) is 18.8 Å². The summed E-state index contributed by atoms with van der Waals surface area (Å²) in [5.74, 6) is 0.869. The molecule has 28 heavy (non-hydrogen) atoms. The number of aryl methyl sites for hydroxylation is 1. The van der Waals surface area contributed by atoms with Gasteiger partial charge < -0.3 is 4.90 Å². The van der Waals surface area contributed by atoms with Crippen molar-refractivity contribution in [2.75, 3.05) is 13.1 Å². The van der Waals surface area contributed by atoms with Crippen LogP contribution in [0.4, 0.5) is 0 Å². The maximum absolute atomic E-state index is 12.7. The largest absolute Gasteiger partial charge is 0.350 e. The minimum absolute atomic E-state index is 0.0116. The van der Waals surface area contributed by atoms with Gasteiger partial charge in [0.1, 0.15) is 5.82 Å². The molecule has 7 heteroatoms. The van der Waals surface area contributed by atoms with Gasteiger partial charge in [0.05, 0.1) is 5.69 Å². The van der Waals surface area contributed by atoms with Crippen molar-refractivity contribution >= 4 is 17.5 Å². The van der Waals surface area contributed by atoms with Gasteiger partial charge in [-0.15, -0.1) is 0 Å². The molecular formula is C21H21ClN4O2. The molecular weight excluding hydrogens is 376 g/mol. The smallest absolute Gasteiger partial charge is 0.339 e. The van der Waals surface area contributed by atoms with E-state index in [1.807, 2.05) is 35.2 Å². The molecule has 1 fully saturated rings. The van der Waals surface area contributed by atoms with Crippen LogP contribution in [0.15, 0.2) is 59.4 Å². The van der Waals surface area contributed by atoms with E-state index in [0.717, 1.165) is 24.4 Å². The van der Waals surface area contributed by atoms with Crippen molar-refractivity contribution in [3.05, 3.63) is 81.5 Å². The second kappa shape index (κ2) is 7.64. The lowest BCUT2D eigenvalue weighted by atomic mass is 9.95. The first kappa shape index (κ1) is 18.5. The number of para-hydroxylation sites is 1. The lowest BCUT2D eigenvalue weighted by Gasteiger charge is -2.31. The molecule has 1 aliphatic heterocycles. The summed E-state index contributed by atoms with van der Waals surface area (Å²) in [5.41, 5.74) is 1.26. The van der Waals surface area contributed by atoms with E-state index in [2.05, 4.69) is 5.10 Å². The molecule has 1 aliphatic rings. The van der Waals surface area contributed by atoms with Crippen molar-refractivity contribution in [3.63, 3.8) is 0 Å². The number of aromatic nitrogens is 3. The Morgan fingerprint density at radius 3 is 2.46 bits per heavy atom. The third-order valence-electron chi connectivity index (χ3n) is 5.18. The minimum atomic E-state index is -0.154. The topological polar surface area (TPSA) is 60.1 Å². The lowest BCUT2D eigenvalue weighted by molar-refractivity contribution is 0.0710. The van der Waals surface area contributed by atoms with Crippen LogP contribution >= 0.6 is 11.6 Å². The third kappa shape index (κ3) is 3.47. The van der Waals surface area contributed by atoms with Crippen molar-refractivity contribution in [3.8, 4) is 5.69 Å². The van der Waals surface area contributed by atoms with Gasteiger partial charge in [-0.05, 0) is 43.2 Å². The van der Waals surface area contributed by atoms with Crippen LogP contribution in [0.2, 0.25) is 5.02 Å². The number of carbonyl (C=O) groups is 1. The Labute approximate surface area is 168 Å². The molecule has 1 amide bonds. The molecule has 6 nitrogen and oxygen atoms in total. The van der Waals surface area contributed by atoms with Crippen LogP contribution < -0.4 is 5.69 Å². The van der Waals surface area contributed by atoms with Gasteiger partial charge in [-0.2, -0.15) is 5.10 Å². The Morgan fingerprint density at radius 2 is 1.79 bits per heavy atom. The van der Waals surface area contributed by atoms with Crippen LogP contribution in [0.3, 0.4) is 0 Å². The SMILES string of the molecule is Cn1nc(C2CCN(C(=O)c3cccc(Cl)c3)CC2)n(-c2ccccc2)c1=O. The summed E-state index contributed by atoms with van der Waals surface area (Å²) >= 11 is 6.01. The van der Waals surface area contributed by atoms with E-state index < -0.39 is 0 Å². The standard InChI is InChI=1S/C21H21ClN4O2/c1-24-21(28)26(18-8-3-2-4-9-18)19(23-24)15-10-12-25(13-11-15)20(27)16-6-5-7-17(22)14-16/h2-9,14-15H,10-13H2,1H3. The van der Waals surface area contributed by atoms with Gasteiger partial charge in [0.15, 0.2) is 0 Å². The highest BCUT2D eigenvalue weighted by Crippen LogP contribution is 2.28. The van der Waals surface area contributed by atoms with Gasteiger partial charge in [-0.25, -0.2) is 14.0 Å². The third-order valence-corrected chi connectivity index (χ3v) is 5.42. The molecule has 0 unspecified atom stereocenters. The number of piperidine rings is 1. The van der Waals surface area contributed by atoms with Crippen molar-refractivity contribution in [1.82, 2.24) is 19.2 Å². The molecule has 1 saturated heterocycles. The van der Waals surface area contributed by atoms with Gasteiger partial charge in [0.25, 0.3) is 5.91 Å². The van der Waals surface area contributed by atoms with Crippen LogP contribution in [0.5, 0.6) is 0 Å². The van der Waals surface area contributed by atoms with Gasteiger partial charge in [-0.3, -0.25) is 4.79 Å². The monoisotopic (exact) mass is 396 g/mol. The zero-order chi connectivity index (χ0) is 19.7. The van der Waals surface area contributed by atoms with E-state index in [0.29, 0.717) is 23.7 Å². The average molecular weight is 397 g/mol. The van der Waals surface area contributed by atoms with Crippen molar-refractivity contribution in [1.29, 1.82) is 0 Å². The first-order chi connectivity index (χ1) is 13.5. The highest BCUT2D eigenvalue weighted by atomic mass is 35.5. The first-order valence-electron chi connectivity index (χ1n) is 9.31. The number of amides is 1. The molecule has 0 saturated carbocycles.